The van der Waals surface area contributed by atoms with Gasteiger partial charge in [-0.2, -0.15) is 0 Å². The van der Waals surface area contributed by atoms with E-state index < -0.39 is 11.0 Å². The summed E-state index contributed by atoms with van der Waals surface area (Å²) >= 11 is 0. The third-order valence-electron chi connectivity index (χ3n) is 1.55. The third-order valence-corrected chi connectivity index (χ3v) is 1.55. The molecule has 0 heterocycles. The maximum Gasteiger partial charge on any atom is 0.319 e. The fraction of sp³-hybridized carbons (Fsp3) is 0. The lowest BCUT2D eigenvalue weighted by Crippen LogP contribution is -2.64. The molecule has 0 aliphatic carbocycles. The van der Waals surface area contributed by atoms with Crippen LogP contribution in [0.1, 0.15) is 5.56 Å². The van der Waals surface area contributed by atoms with Crippen LogP contribution in [0.4, 0.5) is 0 Å². The highest BCUT2D eigenvalue weighted by Crippen LogP contribution is 2.11. The molecule has 0 saturated carbocycles. The summed E-state index contributed by atoms with van der Waals surface area (Å²) in [7, 11) is 0. The van der Waals surface area contributed by atoms with Crippen molar-refractivity contribution in [2.24, 2.45) is 10.8 Å². The molecule has 84 valence electrons. The molecule has 8 nitrogen and oxygen atoms in total. The van der Waals surface area contributed by atoms with Crippen LogP contribution in [-0.4, -0.2) is 22.3 Å². The summed E-state index contributed by atoms with van der Waals surface area (Å²) in [5.41, 5.74) is 7.26. The maximum atomic E-state index is 9.95. The van der Waals surface area contributed by atoms with Crippen LogP contribution in [0, 0.1) is 10.1 Å². The first-order valence-corrected chi connectivity index (χ1v) is 4.20. The summed E-state index contributed by atoms with van der Waals surface area (Å²) in [5.74, 6) is -0.331. The van der Waals surface area contributed by atoms with Gasteiger partial charge in [0.25, 0.3) is 0 Å². The number of rotatable bonds is 3. The van der Waals surface area contributed by atoms with Gasteiger partial charge in [-0.3, -0.25) is 0 Å². The molecule has 0 unspecified atom stereocenters. The largest absolute Gasteiger partial charge is 0.507 e. The van der Waals surface area contributed by atoms with Gasteiger partial charge in [-0.25, -0.2) is 10.1 Å². The van der Waals surface area contributed by atoms with Gasteiger partial charge >= 0.3 is 5.96 Å². The van der Waals surface area contributed by atoms with Crippen molar-refractivity contribution in [2.45, 2.75) is 0 Å². The lowest BCUT2D eigenvalue weighted by Gasteiger charge is -1.92. The van der Waals surface area contributed by atoms with E-state index in [-0.39, 0.29) is 5.75 Å². The minimum Gasteiger partial charge on any atom is -0.507 e. The van der Waals surface area contributed by atoms with Crippen LogP contribution in [0.25, 0.3) is 0 Å². The minimum absolute atomic E-state index is 0.0611. The number of phenolic OH excluding ortho intramolecular Hbond substituents is 1. The van der Waals surface area contributed by atoms with Crippen LogP contribution in [0.3, 0.4) is 0 Å². The first kappa shape index (κ1) is 11.4. The van der Waals surface area contributed by atoms with Crippen molar-refractivity contribution in [1.29, 1.82) is 0 Å². The first-order valence-electron chi connectivity index (χ1n) is 4.20. The molecule has 0 aliphatic rings. The van der Waals surface area contributed by atoms with E-state index in [1.54, 1.807) is 23.6 Å². The van der Waals surface area contributed by atoms with Crippen molar-refractivity contribution in [1.82, 2.24) is 5.43 Å². The average Bonchev–Trinajstić information content (AvgIpc) is 2.19. The second-order valence-electron chi connectivity index (χ2n) is 2.70. The zero-order valence-electron chi connectivity index (χ0n) is 8.12. The lowest BCUT2D eigenvalue weighted by atomic mass is 10.2. The Morgan fingerprint density at radius 3 is 2.94 bits per heavy atom. The number of nitrogens with two attached hydrogens (primary N) is 1. The molecule has 5 N–H and O–H groups in total. The number of nitrogens with one attached hydrogen (secondary N) is 2. The van der Waals surface area contributed by atoms with Crippen molar-refractivity contribution in [3.63, 3.8) is 0 Å². The summed E-state index contributed by atoms with van der Waals surface area (Å²) in [6.07, 6.45) is 1.35. The Balaban J connectivity index is 2.68. The lowest BCUT2D eigenvalue weighted by molar-refractivity contribution is -0.528. The Morgan fingerprint density at radius 2 is 2.31 bits per heavy atom. The van der Waals surface area contributed by atoms with E-state index in [1.807, 2.05) is 0 Å². The molecular weight excluding hydrogens is 214 g/mol. The number of phenols is 1. The molecule has 0 saturated heterocycles. The van der Waals surface area contributed by atoms with Gasteiger partial charge in [0.15, 0.2) is 5.03 Å². The number of aromatic hydroxyl groups is 1. The second kappa shape index (κ2) is 5.29. The quantitative estimate of drug-likeness (QED) is 0.202. The van der Waals surface area contributed by atoms with E-state index in [0.29, 0.717) is 5.56 Å². The van der Waals surface area contributed by atoms with E-state index in [1.165, 1.54) is 12.3 Å². The molecule has 0 aromatic heterocycles. The molecule has 0 fully saturated rings. The highest BCUT2D eigenvalue weighted by atomic mass is 16.7. The summed E-state index contributed by atoms with van der Waals surface area (Å²) < 4.78 is 0. The molecule has 1 aromatic rings. The van der Waals surface area contributed by atoms with E-state index in [9.17, 15) is 15.2 Å². The molecule has 0 bridgehead atoms. The van der Waals surface area contributed by atoms with Crippen molar-refractivity contribution in [2.75, 3.05) is 0 Å². The summed E-state index contributed by atoms with van der Waals surface area (Å²) in [6, 6.07) is 6.51. The fourth-order valence-corrected chi connectivity index (χ4v) is 0.899. The predicted octanol–water partition coefficient (Wildman–Crippen LogP) is -2.10. The molecule has 16 heavy (non-hydrogen) atoms. The Kier molecular flexibility index (Phi) is 3.78. The number of nitro groups is 1. The van der Waals surface area contributed by atoms with Crippen molar-refractivity contribution < 1.29 is 15.2 Å². The van der Waals surface area contributed by atoms with Crippen molar-refractivity contribution in [3.8, 4) is 5.75 Å². The number of hydrogen-bond acceptors (Lipinski definition) is 4. The SMILES string of the molecule is NC(=N[NH+]=Cc1ccccc1O)N[N+](=O)[O-]. The average molecular weight is 224 g/mol. The Hall–Kier alpha value is -2.64. The van der Waals surface area contributed by atoms with Crippen LogP contribution in [0.15, 0.2) is 29.4 Å². The molecule has 1 aromatic carbocycles. The molecule has 0 atom stereocenters. The zero-order chi connectivity index (χ0) is 12.0. The number of nitrogens with zero attached hydrogens (tertiary/aromatic N) is 2. The Bertz CT molecular complexity index is 443. The monoisotopic (exact) mass is 224 g/mol. The summed E-state index contributed by atoms with van der Waals surface area (Å²) in [6.45, 7) is 0. The highest BCUT2D eigenvalue weighted by Gasteiger charge is 2.01. The van der Waals surface area contributed by atoms with Crippen molar-refractivity contribution >= 4 is 12.2 Å². The van der Waals surface area contributed by atoms with Gasteiger partial charge in [-0.05, 0) is 12.1 Å². The number of hydrazine groups is 1. The van der Waals surface area contributed by atoms with E-state index >= 15 is 0 Å². The standard InChI is InChI=1S/C8H9N5O3/c9-8(12-13(15)16)11-10-5-6-3-1-2-4-7(6)14/h1-5,14H,(H3,9,11,12)/p+1. The molecule has 1 rings (SSSR count). The predicted molar refractivity (Wildman–Crippen MR) is 56.0 cm³/mol. The Labute approximate surface area is 90.2 Å². The smallest absolute Gasteiger partial charge is 0.319 e. The van der Waals surface area contributed by atoms with E-state index in [0.717, 1.165) is 0 Å². The molecule has 0 spiro atoms. The summed E-state index contributed by atoms with van der Waals surface area (Å²) in [5, 5.41) is 24.3. The maximum absolute atomic E-state index is 9.95. The van der Waals surface area contributed by atoms with Gasteiger partial charge in [0.1, 0.15) is 5.75 Å². The number of hydrazone groups is 1. The molecule has 0 amide bonds. The van der Waals surface area contributed by atoms with Gasteiger partial charge in [0.05, 0.1) is 5.56 Å². The van der Waals surface area contributed by atoms with Gasteiger partial charge in [0.2, 0.25) is 6.21 Å². The molecule has 8 heteroatoms. The van der Waals surface area contributed by atoms with Gasteiger partial charge < -0.3 is 10.8 Å². The number of hydrogen-bond donors (Lipinski definition) is 4. The molecule has 0 aliphatic heterocycles. The topological polar surface area (TPSA) is 128 Å². The Morgan fingerprint density at radius 1 is 1.62 bits per heavy atom. The third kappa shape index (κ3) is 3.62. The first-order chi connectivity index (χ1) is 7.59. The zero-order valence-corrected chi connectivity index (χ0v) is 8.12. The van der Waals surface area contributed by atoms with Crippen LogP contribution in [0.5, 0.6) is 5.75 Å². The molecule has 0 radical (unpaired) electrons. The number of benzene rings is 1. The number of para-hydroxylation sites is 1. The van der Waals surface area contributed by atoms with Gasteiger partial charge in [-0.15, -0.1) is 5.10 Å². The summed E-state index contributed by atoms with van der Waals surface area (Å²) in [4.78, 5) is 9.95. The van der Waals surface area contributed by atoms with Crippen LogP contribution in [0.2, 0.25) is 0 Å². The van der Waals surface area contributed by atoms with Crippen LogP contribution in [-0.2, 0) is 0 Å². The highest BCUT2D eigenvalue weighted by molar-refractivity contribution is 5.79. The van der Waals surface area contributed by atoms with Crippen molar-refractivity contribution in [3.05, 3.63) is 39.9 Å². The minimum atomic E-state index is -0.833. The normalized spacial score (nSPS) is 11.6. The van der Waals surface area contributed by atoms with Crippen LogP contribution < -0.4 is 16.3 Å². The number of guanidine groups is 1. The van der Waals surface area contributed by atoms with Crippen LogP contribution >= 0.6 is 0 Å². The van der Waals surface area contributed by atoms with E-state index in [2.05, 4.69) is 10.2 Å². The molecular formula is C8H10N5O3+. The second-order valence-corrected chi connectivity index (χ2v) is 2.70. The van der Waals surface area contributed by atoms with Gasteiger partial charge in [-0.1, -0.05) is 17.6 Å². The van der Waals surface area contributed by atoms with E-state index in [4.69, 9.17) is 5.73 Å². The van der Waals surface area contributed by atoms with Gasteiger partial charge in [0, 0.05) is 5.10 Å². The fourth-order valence-electron chi connectivity index (χ4n) is 0.899.